The molecule has 3 rings (SSSR count). The molecule has 1 amide bonds. The molecule has 156 valence electrons. The monoisotopic (exact) mass is 436 g/mol. The maximum absolute atomic E-state index is 13.1. The zero-order chi connectivity index (χ0) is 21.2. The minimum absolute atomic E-state index is 0.0127. The number of amides is 1. The van der Waals surface area contributed by atoms with E-state index in [1.165, 1.54) is 22.5 Å². The number of benzene rings is 2. The summed E-state index contributed by atoms with van der Waals surface area (Å²) < 4.78 is 32.8. The van der Waals surface area contributed by atoms with Crippen LogP contribution in [0.4, 0.5) is 5.69 Å². The average Bonchev–Trinajstić information content (AvgIpc) is 3.03. The highest BCUT2D eigenvalue weighted by molar-refractivity contribution is 7.89. The van der Waals surface area contributed by atoms with E-state index in [1.807, 2.05) is 38.1 Å². The quantitative estimate of drug-likeness (QED) is 0.663. The summed E-state index contributed by atoms with van der Waals surface area (Å²) in [5.74, 6) is 0.180. The van der Waals surface area contributed by atoms with Gasteiger partial charge in [0.15, 0.2) is 0 Å². The molecule has 1 aliphatic heterocycles. The van der Waals surface area contributed by atoms with Crippen LogP contribution in [0, 0.1) is 0 Å². The molecule has 0 aliphatic carbocycles. The van der Waals surface area contributed by atoms with Crippen molar-refractivity contribution in [2.75, 3.05) is 24.6 Å². The van der Waals surface area contributed by atoms with Crippen LogP contribution in [-0.4, -0.2) is 44.4 Å². The van der Waals surface area contributed by atoms with Gasteiger partial charge in [-0.15, -0.1) is 0 Å². The van der Waals surface area contributed by atoms with E-state index in [0.29, 0.717) is 12.4 Å². The molecule has 2 aromatic rings. The highest BCUT2D eigenvalue weighted by atomic mass is 35.5. The minimum Gasteiger partial charge on any atom is -0.492 e. The van der Waals surface area contributed by atoms with Gasteiger partial charge >= 0.3 is 0 Å². The highest BCUT2D eigenvalue weighted by Gasteiger charge is 2.34. The molecule has 0 radical (unpaired) electrons. The second kappa shape index (κ2) is 8.73. The van der Waals surface area contributed by atoms with Gasteiger partial charge in [-0.1, -0.05) is 36.7 Å². The molecule has 2 aromatic carbocycles. The number of anilines is 1. The number of para-hydroxylation sites is 1. The van der Waals surface area contributed by atoms with Gasteiger partial charge < -0.3 is 9.64 Å². The molecule has 6 nitrogen and oxygen atoms in total. The molecule has 0 saturated carbocycles. The number of carbonyl (C=O) groups is 1. The summed E-state index contributed by atoms with van der Waals surface area (Å²) in [5, 5.41) is 0.220. The molecular weight excluding hydrogens is 412 g/mol. The van der Waals surface area contributed by atoms with Gasteiger partial charge in [-0.25, -0.2) is 8.42 Å². The van der Waals surface area contributed by atoms with E-state index in [-0.39, 0.29) is 35.0 Å². The van der Waals surface area contributed by atoms with Crippen LogP contribution in [0.2, 0.25) is 5.02 Å². The zero-order valence-corrected chi connectivity index (χ0v) is 18.3. The van der Waals surface area contributed by atoms with Gasteiger partial charge in [0.2, 0.25) is 15.9 Å². The molecule has 0 unspecified atom stereocenters. The van der Waals surface area contributed by atoms with Crippen molar-refractivity contribution in [3.8, 4) is 5.75 Å². The van der Waals surface area contributed by atoms with Crippen molar-refractivity contribution in [2.24, 2.45) is 0 Å². The topological polar surface area (TPSA) is 66.9 Å². The highest BCUT2D eigenvalue weighted by Crippen LogP contribution is 2.33. The lowest BCUT2D eigenvalue weighted by atomic mass is 10.1. The Morgan fingerprint density at radius 2 is 1.97 bits per heavy atom. The maximum atomic E-state index is 13.1. The Bertz CT molecular complexity index is 1010. The van der Waals surface area contributed by atoms with Crippen molar-refractivity contribution in [2.45, 2.75) is 38.1 Å². The van der Waals surface area contributed by atoms with Gasteiger partial charge in [0.1, 0.15) is 5.75 Å². The van der Waals surface area contributed by atoms with E-state index in [1.54, 1.807) is 11.8 Å². The first kappa shape index (κ1) is 21.6. The fourth-order valence-corrected chi connectivity index (χ4v) is 5.33. The van der Waals surface area contributed by atoms with E-state index in [2.05, 4.69) is 0 Å². The van der Waals surface area contributed by atoms with Crippen LogP contribution in [0.5, 0.6) is 5.75 Å². The summed E-state index contributed by atoms with van der Waals surface area (Å²) in [6.45, 7) is 5.86. The second-order valence-corrected chi connectivity index (χ2v) is 9.25. The largest absolute Gasteiger partial charge is 0.492 e. The van der Waals surface area contributed by atoms with Crippen molar-refractivity contribution in [1.82, 2.24) is 4.31 Å². The molecule has 0 aromatic heterocycles. The summed E-state index contributed by atoms with van der Waals surface area (Å²) in [6.07, 6.45) is 0.759. The fourth-order valence-electron chi connectivity index (χ4n) is 3.60. The predicted molar refractivity (Wildman–Crippen MR) is 114 cm³/mol. The number of fused-ring (bicyclic) bond motifs is 1. The summed E-state index contributed by atoms with van der Waals surface area (Å²) >= 11 is 6.16. The Labute approximate surface area is 177 Å². The SMILES string of the molecule is CCOc1ccc(S(=O)(=O)N(CC)CC(=O)N2c3ccccc3C[C@@H]2C)cc1Cl. The number of ether oxygens (including phenoxy) is 1. The van der Waals surface area contributed by atoms with Gasteiger partial charge in [0.25, 0.3) is 0 Å². The summed E-state index contributed by atoms with van der Waals surface area (Å²) in [5.41, 5.74) is 1.94. The van der Waals surface area contributed by atoms with E-state index in [4.69, 9.17) is 16.3 Å². The number of sulfonamides is 1. The van der Waals surface area contributed by atoms with Crippen LogP contribution >= 0.6 is 11.6 Å². The van der Waals surface area contributed by atoms with Gasteiger partial charge in [0, 0.05) is 18.3 Å². The Balaban J connectivity index is 1.84. The van der Waals surface area contributed by atoms with E-state index >= 15 is 0 Å². The molecule has 0 saturated heterocycles. The van der Waals surface area contributed by atoms with Crippen LogP contribution in [0.15, 0.2) is 47.4 Å². The van der Waals surface area contributed by atoms with Crippen LogP contribution in [-0.2, 0) is 21.2 Å². The molecule has 1 heterocycles. The smallest absolute Gasteiger partial charge is 0.243 e. The van der Waals surface area contributed by atoms with E-state index < -0.39 is 10.0 Å². The van der Waals surface area contributed by atoms with Gasteiger partial charge in [-0.05, 0) is 50.1 Å². The number of rotatable bonds is 7. The standard InChI is InChI=1S/C21H25ClN2O4S/c1-4-23(29(26,27)17-10-11-20(28-5-2)18(22)13-17)14-21(25)24-15(3)12-16-8-6-7-9-19(16)24/h6-11,13,15H,4-5,12,14H2,1-3H3/t15-/m0/s1. The van der Waals surface area contributed by atoms with Crippen LogP contribution in [0.1, 0.15) is 26.3 Å². The third-order valence-electron chi connectivity index (χ3n) is 4.98. The first-order valence-electron chi connectivity index (χ1n) is 9.62. The Morgan fingerprint density at radius 3 is 2.62 bits per heavy atom. The van der Waals surface area contributed by atoms with Crippen molar-refractivity contribution >= 4 is 33.2 Å². The van der Waals surface area contributed by atoms with Gasteiger partial charge in [0.05, 0.1) is 23.1 Å². The number of hydrogen-bond donors (Lipinski definition) is 0. The summed E-state index contributed by atoms with van der Waals surface area (Å²) in [6, 6.07) is 12.1. The summed E-state index contributed by atoms with van der Waals surface area (Å²) in [4.78, 5) is 14.8. The lowest BCUT2D eigenvalue weighted by Gasteiger charge is -2.27. The molecule has 0 bridgehead atoms. The van der Waals surface area contributed by atoms with Gasteiger partial charge in [-0.3, -0.25) is 4.79 Å². The van der Waals surface area contributed by atoms with Crippen LogP contribution < -0.4 is 9.64 Å². The van der Waals surface area contributed by atoms with Crippen LogP contribution in [0.25, 0.3) is 0 Å². The Morgan fingerprint density at radius 1 is 1.24 bits per heavy atom. The maximum Gasteiger partial charge on any atom is 0.243 e. The minimum atomic E-state index is -3.88. The lowest BCUT2D eigenvalue weighted by Crippen LogP contribution is -2.45. The van der Waals surface area contributed by atoms with Crippen molar-refractivity contribution < 1.29 is 17.9 Å². The predicted octanol–water partition coefficient (Wildman–Crippen LogP) is 3.73. The molecule has 8 heteroatoms. The number of hydrogen-bond acceptors (Lipinski definition) is 4. The average molecular weight is 437 g/mol. The van der Waals surface area contributed by atoms with Gasteiger partial charge in [-0.2, -0.15) is 4.31 Å². The van der Waals surface area contributed by atoms with Crippen molar-refractivity contribution in [1.29, 1.82) is 0 Å². The number of halogens is 1. The molecule has 0 fully saturated rings. The van der Waals surface area contributed by atoms with Crippen molar-refractivity contribution in [3.05, 3.63) is 53.1 Å². The molecule has 0 N–H and O–H groups in total. The van der Waals surface area contributed by atoms with E-state index in [9.17, 15) is 13.2 Å². The number of nitrogens with zero attached hydrogens (tertiary/aromatic N) is 2. The van der Waals surface area contributed by atoms with Crippen molar-refractivity contribution in [3.63, 3.8) is 0 Å². The Kier molecular flexibility index (Phi) is 6.51. The third kappa shape index (κ3) is 4.27. The molecule has 1 atom stereocenters. The normalized spacial score (nSPS) is 16.2. The first-order chi connectivity index (χ1) is 13.8. The summed E-state index contributed by atoms with van der Waals surface area (Å²) in [7, 11) is -3.88. The van der Waals surface area contributed by atoms with E-state index in [0.717, 1.165) is 17.7 Å². The molecule has 1 aliphatic rings. The third-order valence-corrected chi connectivity index (χ3v) is 7.19. The molecule has 0 spiro atoms. The fraction of sp³-hybridized carbons (Fsp3) is 0.381. The number of likely N-dealkylation sites (N-methyl/N-ethyl adjacent to an activating group) is 1. The molecule has 29 heavy (non-hydrogen) atoms. The zero-order valence-electron chi connectivity index (χ0n) is 16.8. The second-order valence-electron chi connectivity index (χ2n) is 6.90. The molecular formula is C21H25ClN2O4S. The first-order valence-corrected chi connectivity index (χ1v) is 11.4. The Hall–Kier alpha value is -2.09. The number of carbonyl (C=O) groups excluding carboxylic acids is 1. The lowest BCUT2D eigenvalue weighted by molar-refractivity contribution is -0.119. The van der Waals surface area contributed by atoms with Crippen LogP contribution in [0.3, 0.4) is 0 Å².